The molecule has 0 saturated carbocycles. The van der Waals surface area contributed by atoms with E-state index in [1.54, 1.807) is 11.1 Å². The molecule has 5 nitrogen and oxygen atoms in total. The van der Waals surface area contributed by atoms with Crippen LogP contribution < -0.4 is 5.73 Å². The number of aromatic nitrogens is 1. The van der Waals surface area contributed by atoms with Gasteiger partial charge in [-0.3, -0.25) is 9.59 Å². The molecule has 5 heteroatoms. The van der Waals surface area contributed by atoms with Crippen LogP contribution in [0, 0.1) is 5.92 Å². The number of H-pyrrole nitrogens is 1. The molecule has 0 radical (unpaired) electrons. The van der Waals surface area contributed by atoms with Gasteiger partial charge in [-0.15, -0.1) is 0 Å². The van der Waals surface area contributed by atoms with Gasteiger partial charge < -0.3 is 15.6 Å². The molecule has 1 aromatic heterocycles. The van der Waals surface area contributed by atoms with E-state index in [1.165, 1.54) is 0 Å². The van der Waals surface area contributed by atoms with Gasteiger partial charge in [-0.2, -0.15) is 0 Å². The molecule has 2 aromatic rings. The second-order valence-electron chi connectivity index (χ2n) is 4.56. The number of benzene rings is 1. The second-order valence-corrected chi connectivity index (χ2v) is 4.56. The van der Waals surface area contributed by atoms with Gasteiger partial charge in [-0.05, 0) is 6.07 Å². The number of primary amides is 1. The van der Waals surface area contributed by atoms with E-state index in [0.29, 0.717) is 18.7 Å². The smallest absolute Gasteiger partial charge is 0.256 e. The number of carbonyl (C=O) groups excluding carboxylic acids is 2. The molecule has 1 saturated heterocycles. The van der Waals surface area contributed by atoms with Crippen LogP contribution in [0.25, 0.3) is 10.9 Å². The number of nitrogens with two attached hydrogens (primary N) is 1. The van der Waals surface area contributed by atoms with Crippen molar-refractivity contribution in [2.24, 2.45) is 11.7 Å². The Morgan fingerprint density at radius 2 is 2.00 bits per heavy atom. The fraction of sp³-hybridized carbons (Fsp3) is 0.231. The Hall–Kier alpha value is -2.30. The molecule has 0 spiro atoms. The van der Waals surface area contributed by atoms with Crippen LogP contribution >= 0.6 is 0 Å². The third-order valence-electron chi connectivity index (χ3n) is 3.39. The van der Waals surface area contributed by atoms with Gasteiger partial charge in [-0.25, -0.2) is 0 Å². The molecule has 1 aromatic carbocycles. The molecule has 1 aliphatic rings. The van der Waals surface area contributed by atoms with E-state index < -0.39 is 0 Å². The lowest BCUT2D eigenvalue weighted by Crippen LogP contribution is -2.54. The first-order valence-electron chi connectivity index (χ1n) is 5.81. The largest absolute Gasteiger partial charge is 0.369 e. The average Bonchev–Trinajstić information content (AvgIpc) is 2.69. The van der Waals surface area contributed by atoms with Gasteiger partial charge in [0.1, 0.15) is 0 Å². The maximum atomic E-state index is 12.2. The maximum Gasteiger partial charge on any atom is 0.256 e. The lowest BCUT2D eigenvalue weighted by Gasteiger charge is -2.37. The topological polar surface area (TPSA) is 79.2 Å². The van der Waals surface area contributed by atoms with E-state index in [0.717, 1.165) is 10.9 Å². The fourth-order valence-electron chi connectivity index (χ4n) is 2.24. The van der Waals surface area contributed by atoms with Crippen molar-refractivity contribution in [2.45, 2.75) is 0 Å². The first-order chi connectivity index (χ1) is 8.66. The molecule has 2 heterocycles. The van der Waals surface area contributed by atoms with E-state index >= 15 is 0 Å². The molecule has 0 aliphatic carbocycles. The predicted octanol–water partition coefficient (Wildman–Crippen LogP) is 0.725. The number of carbonyl (C=O) groups is 2. The molecule has 92 valence electrons. The summed E-state index contributed by atoms with van der Waals surface area (Å²) >= 11 is 0. The van der Waals surface area contributed by atoms with Crippen LogP contribution in [0.3, 0.4) is 0 Å². The number of likely N-dealkylation sites (tertiary alicyclic amines) is 1. The third-order valence-corrected chi connectivity index (χ3v) is 3.39. The van der Waals surface area contributed by atoms with Crippen LogP contribution in [-0.2, 0) is 4.79 Å². The minimum Gasteiger partial charge on any atom is -0.369 e. The van der Waals surface area contributed by atoms with Gasteiger partial charge in [-0.1, -0.05) is 18.2 Å². The van der Waals surface area contributed by atoms with Crippen molar-refractivity contribution in [3.05, 3.63) is 36.0 Å². The standard InChI is InChI=1S/C13H13N3O2/c14-12(17)8-6-16(7-8)13(18)10-5-15-11-4-2-1-3-9(10)11/h1-5,8,15H,6-7H2,(H2,14,17). The summed E-state index contributed by atoms with van der Waals surface area (Å²) in [5.41, 5.74) is 6.77. The molecule has 18 heavy (non-hydrogen) atoms. The van der Waals surface area contributed by atoms with Crippen molar-refractivity contribution in [1.29, 1.82) is 0 Å². The predicted molar refractivity (Wildman–Crippen MR) is 66.9 cm³/mol. The molecule has 2 amide bonds. The number of nitrogens with one attached hydrogen (secondary N) is 1. The third kappa shape index (κ3) is 1.55. The van der Waals surface area contributed by atoms with Gasteiger partial charge in [0.15, 0.2) is 0 Å². The minimum absolute atomic E-state index is 0.0510. The summed E-state index contributed by atoms with van der Waals surface area (Å²) < 4.78 is 0. The average molecular weight is 243 g/mol. The molecule has 0 bridgehead atoms. The lowest BCUT2D eigenvalue weighted by molar-refractivity contribution is -0.125. The summed E-state index contributed by atoms with van der Waals surface area (Å²) in [6.07, 6.45) is 1.71. The second kappa shape index (κ2) is 3.87. The van der Waals surface area contributed by atoms with Crippen LogP contribution in [0.15, 0.2) is 30.5 Å². The molecule has 3 N–H and O–H groups in total. The summed E-state index contributed by atoms with van der Waals surface area (Å²) in [5, 5.41) is 0.907. The van der Waals surface area contributed by atoms with Crippen LogP contribution in [0.1, 0.15) is 10.4 Å². The van der Waals surface area contributed by atoms with Gasteiger partial charge in [0.2, 0.25) is 5.91 Å². The number of fused-ring (bicyclic) bond motifs is 1. The Balaban J connectivity index is 1.84. The summed E-state index contributed by atoms with van der Waals surface area (Å²) in [6, 6.07) is 7.65. The lowest BCUT2D eigenvalue weighted by atomic mass is 9.98. The molecule has 1 fully saturated rings. The van der Waals surface area contributed by atoms with Crippen LogP contribution in [0.5, 0.6) is 0 Å². The first-order valence-corrected chi connectivity index (χ1v) is 5.81. The summed E-state index contributed by atoms with van der Waals surface area (Å²) in [7, 11) is 0. The van der Waals surface area contributed by atoms with E-state index in [4.69, 9.17) is 5.73 Å². The van der Waals surface area contributed by atoms with Crippen LogP contribution in [0.4, 0.5) is 0 Å². The normalized spacial score (nSPS) is 15.7. The van der Waals surface area contributed by atoms with Gasteiger partial charge >= 0.3 is 0 Å². The maximum absolute atomic E-state index is 12.2. The molecule has 3 rings (SSSR count). The molecular weight excluding hydrogens is 230 g/mol. The van der Waals surface area contributed by atoms with Crippen molar-refractivity contribution >= 4 is 22.7 Å². The Bertz CT molecular complexity index is 626. The molecule has 1 aliphatic heterocycles. The zero-order chi connectivity index (χ0) is 12.7. The highest BCUT2D eigenvalue weighted by Gasteiger charge is 2.35. The Morgan fingerprint density at radius 1 is 1.28 bits per heavy atom. The SMILES string of the molecule is NC(=O)C1CN(C(=O)c2c[nH]c3ccccc23)C1. The number of amides is 2. The Kier molecular flexibility index (Phi) is 2.33. The summed E-state index contributed by atoms with van der Waals surface area (Å²) in [5.74, 6) is -0.581. The molecular formula is C13H13N3O2. The van der Waals surface area contributed by atoms with E-state index in [1.807, 2.05) is 24.3 Å². The summed E-state index contributed by atoms with van der Waals surface area (Å²) in [4.78, 5) is 27.9. The number of aromatic amines is 1. The highest BCUT2D eigenvalue weighted by atomic mass is 16.2. The van der Waals surface area contributed by atoms with Crippen LogP contribution in [0.2, 0.25) is 0 Å². The van der Waals surface area contributed by atoms with E-state index in [2.05, 4.69) is 4.98 Å². The van der Waals surface area contributed by atoms with Gasteiger partial charge in [0, 0.05) is 30.2 Å². The Morgan fingerprint density at radius 3 is 2.72 bits per heavy atom. The van der Waals surface area contributed by atoms with E-state index in [-0.39, 0.29) is 17.7 Å². The van der Waals surface area contributed by atoms with Gasteiger partial charge in [0.25, 0.3) is 5.91 Å². The van der Waals surface area contributed by atoms with Crippen molar-refractivity contribution < 1.29 is 9.59 Å². The zero-order valence-electron chi connectivity index (χ0n) is 9.72. The highest BCUT2D eigenvalue weighted by molar-refractivity contribution is 6.07. The van der Waals surface area contributed by atoms with E-state index in [9.17, 15) is 9.59 Å². The van der Waals surface area contributed by atoms with Crippen molar-refractivity contribution in [1.82, 2.24) is 9.88 Å². The summed E-state index contributed by atoms with van der Waals surface area (Å²) in [6.45, 7) is 0.849. The van der Waals surface area contributed by atoms with Gasteiger partial charge in [0.05, 0.1) is 11.5 Å². The number of para-hydroxylation sites is 1. The minimum atomic E-state index is -0.335. The first kappa shape index (κ1) is 10.8. The Labute approximate surface area is 104 Å². The quantitative estimate of drug-likeness (QED) is 0.815. The fourth-order valence-corrected chi connectivity index (χ4v) is 2.24. The molecule has 0 unspecified atom stereocenters. The number of hydrogen-bond donors (Lipinski definition) is 2. The van der Waals surface area contributed by atoms with Crippen molar-refractivity contribution in [3.8, 4) is 0 Å². The van der Waals surface area contributed by atoms with Crippen LogP contribution in [-0.4, -0.2) is 34.8 Å². The highest BCUT2D eigenvalue weighted by Crippen LogP contribution is 2.23. The van der Waals surface area contributed by atoms with Crippen molar-refractivity contribution in [2.75, 3.05) is 13.1 Å². The monoisotopic (exact) mass is 243 g/mol. The van der Waals surface area contributed by atoms with Crippen molar-refractivity contribution in [3.63, 3.8) is 0 Å². The number of nitrogens with zero attached hydrogens (tertiary/aromatic N) is 1. The zero-order valence-corrected chi connectivity index (χ0v) is 9.72. The number of rotatable bonds is 2. The number of hydrogen-bond acceptors (Lipinski definition) is 2. The molecule has 0 atom stereocenters.